The Kier molecular flexibility index (Phi) is 1.40. The summed E-state index contributed by atoms with van der Waals surface area (Å²) in [4.78, 5) is 6.32. The normalized spacial score (nSPS) is 10.2. The highest BCUT2D eigenvalue weighted by Crippen LogP contribution is 2.13. The van der Waals surface area contributed by atoms with E-state index >= 15 is 0 Å². The van der Waals surface area contributed by atoms with Gasteiger partial charge in [-0.15, -0.1) is 0 Å². The fourth-order valence-electron chi connectivity index (χ4n) is 0.910. The van der Waals surface area contributed by atoms with Crippen molar-refractivity contribution in [2.24, 2.45) is 0 Å². The van der Waals surface area contributed by atoms with Crippen LogP contribution in [0.1, 0.15) is 0 Å². The van der Waals surface area contributed by atoms with E-state index in [-0.39, 0.29) is 0 Å². The molecule has 0 atom stereocenters. The van der Waals surface area contributed by atoms with E-state index in [1.807, 2.05) is 18.3 Å². The Morgan fingerprint density at radius 3 is 2.82 bits per heavy atom. The molecule has 3 nitrogen and oxygen atoms in total. The number of aromatic amines is 2. The molecule has 4 heteroatoms. The Morgan fingerprint density at radius 2 is 2.27 bits per heavy atom. The summed E-state index contributed by atoms with van der Waals surface area (Å²) in [5.41, 5.74) is 1.85. The van der Waals surface area contributed by atoms with Crippen molar-refractivity contribution in [1.82, 2.24) is 9.97 Å². The summed E-state index contributed by atoms with van der Waals surface area (Å²) in [6.07, 6.45) is 3.44. The quantitative estimate of drug-likeness (QED) is 0.638. The number of hydrogen-bond acceptors (Lipinski definition) is 2. The lowest BCUT2D eigenvalue weighted by Gasteiger charge is -1.86. The van der Waals surface area contributed by atoms with Crippen LogP contribution in [0.5, 0.6) is 0 Å². The van der Waals surface area contributed by atoms with Crippen LogP contribution in [0.25, 0.3) is 11.4 Å². The highest BCUT2D eigenvalue weighted by molar-refractivity contribution is 7.71. The zero-order chi connectivity index (χ0) is 7.68. The van der Waals surface area contributed by atoms with Crippen molar-refractivity contribution in [2.45, 2.75) is 0 Å². The van der Waals surface area contributed by atoms with Crippen molar-refractivity contribution in [3.63, 3.8) is 0 Å². The summed E-state index contributed by atoms with van der Waals surface area (Å²) in [5.74, 6) is 0. The summed E-state index contributed by atoms with van der Waals surface area (Å²) in [6.45, 7) is 0. The molecule has 0 bridgehead atoms. The minimum absolute atomic E-state index is 0.398. The van der Waals surface area contributed by atoms with Crippen LogP contribution in [0, 0.1) is 4.84 Å². The second-order valence-corrected chi connectivity index (χ2v) is 2.52. The van der Waals surface area contributed by atoms with Gasteiger partial charge in [0.2, 0.25) is 0 Å². The number of oxazole rings is 1. The van der Waals surface area contributed by atoms with Crippen molar-refractivity contribution in [3.8, 4) is 11.4 Å². The molecular formula is C7H6N2OS. The van der Waals surface area contributed by atoms with Crippen LogP contribution in [0.15, 0.2) is 29.0 Å². The van der Waals surface area contributed by atoms with E-state index in [9.17, 15) is 0 Å². The van der Waals surface area contributed by atoms with E-state index in [0.29, 0.717) is 4.84 Å². The van der Waals surface area contributed by atoms with Crippen LogP contribution in [0.4, 0.5) is 0 Å². The fourth-order valence-corrected chi connectivity index (χ4v) is 1.07. The zero-order valence-electron chi connectivity index (χ0n) is 5.63. The Balaban J connectivity index is 2.53. The highest BCUT2D eigenvalue weighted by Gasteiger charge is 1.98. The average Bonchev–Trinajstić information content (AvgIpc) is 2.55. The predicted molar refractivity (Wildman–Crippen MR) is 43.7 cm³/mol. The van der Waals surface area contributed by atoms with Crippen molar-refractivity contribution in [1.29, 1.82) is 0 Å². The fraction of sp³-hybridized carbons (Fsp3) is 0. The maximum Gasteiger partial charge on any atom is 0.266 e. The number of nitrogens with one attached hydrogen (secondary N) is 2. The van der Waals surface area contributed by atoms with Crippen molar-refractivity contribution in [3.05, 3.63) is 29.4 Å². The maximum atomic E-state index is 4.93. The van der Waals surface area contributed by atoms with Crippen molar-refractivity contribution >= 4 is 12.2 Å². The molecule has 0 spiro atoms. The first kappa shape index (κ1) is 6.42. The van der Waals surface area contributed by atoms with E-state index in [0.717, 1.165) is 11.4 Å². The van der Waals surface area contributed by atoms with Crippen LogP contribution in [-0.4, -0.2) is 9.97 Å². The van der Waals surface area contributed by atoms with Gasteiger partial charge in [0.15, 0.2) is 0 Å². The smallest absolute Gasteiger partial charge is 0.266 e. The molecule has 56 valence electrons. The maximum absolute atomic E-state index is 4.93. The molecule has 0 aliphatic carbocycles. The molecule has 0 unspecified atom stereocenters. The van der Waals surface area contributed by atoms with Gasteiger partial charge in [-0.1, -0.05) is 0 Å². The first-order valence-corrected chi connectivity index (χ1v) is 3.58. The largest absolute Gasteiger partial charge is 0.437 e. The molecule has 0 radical (unpaired) electrons. The summed E-state index contributed by atoms with van der Waals surface area (Å²) in [7, 11) is 0. The van der Waals surface area contributed by atoms with Gasteiger partial charge in [0.05, 0.1) is 5.69 Å². The second-order valence-electron chi connectivity index (χ2n) is 2.15. The van der Waals surface area contributed by atoms with E-state index < -0.39 is 0 Å². The standard InChI is InChI=1S/C7H6N2OS/c11-7-9-6(4-10-7)5-2-1-3-8-5/h1-4,8H,(H,9,11). The topological polar surface area (TPSA) is 44.7 Å². The molecule has 2 rings (SSSR count). The highest BCUT2D eigenvalue weighted by atomic mass is 32.1. The molecule has 2 heterocycles. The Hall–Kier alpha value is -1.29. The van der Waals surface area contributed by atoms with Crippen LogP contribution in [0.3, 0.4) is 0 Å². The SMILES string of the molecule is S=c1[nH]c(-c2ccc[nH]2)co1. The molecule has 0 saturated carbocycles. The van der Waals surface area contributed by atoms with Gasteiger partial charge in [0.1, 0.15) is 12.0 Å². The van der Waals surface area contributed by atoms with E-state index in [4.69, 9.17) is 16.6 Å². The molecule has 0 aliphatic heterocycles. The molecule has 0 amide bonds. The third kappa shape index (κ3) is 1.12. The summed E-state index contributed by atoms with van der Waals surface area (Å²) >= 11 is 4.77. The summed E-state index contributed by atoms with van der Waals surface area (Å²) < 4.78 is 4.93. The van der Waals surface area contributed by atoms with Gasteiger partial charge >= 0.3 is 0 Å². The van der Waals surface area contributed by atoms with Gasteiger partial charge in [0, 0.05) is 6.20 Å². The first-order chi connectivity index (χ1) is 5.36. The van der Waals surface area contributed by atoms with E-state index in [1.165, 1.54) is 0 Å². The monoisotopic (exact) mass is 166 g/mol. The van der Waals surface area contributed by atoms with Crippen molar-refractivity contribution < 1.29 is 4.42 Å². The molecule has 11 heavy (non-hydrogen) atoms. The zero-order valence-corrected chi connectivity index (χ0v) is 6.44. The van der Waals surface area contributed by atoms with E-state index in [2.05, 4.69) is 9.97 Å². The molecule has 0 aliphatic rings. The number of aromatic nitrogens is 2. The molecule has 2 aromatic rings. The summed E-state index contributed by atoms with van der Waals surface area (Å²) in [6, 6.07) is 3.86. The predicted octanol–water partition coefficient (Wildman–Crippen LogP) is 2.33. The lowest BCUT2D eigenvalue weighted by molar-refractivity contribution is 0.541. The Bertz CT molecular complexity index is 384. The first-order valence-electron chi connectivity index (χ1n) is 3.18. The molecule has 0 fully saturated rings. The number of hydrogen-bond donors (Lipinski definition) is 2. The number of rotatable bonds is 1. The minimum Gasteiger partial charge on any atom is -0.437 e. The van der Waals surface area contributed by atoms with Gasteiger partial charge in [-0.3, -0.25) is 0 Å². The van der Waals surface area contributed by atoms with Gasteiger partial charge in [-0.2, -0.15) is 0 Å². The van der Waals surface area contributed by atoms with Crippen molar-refractivity contribution in [2.75, 3.05) is 0 Å². The molecule has 0 saturated heterocycles. The third-order valence-electron chi connectivity index (χ3n) is 1.41. The molecular weight excluding hydrogens is 160 g/mol. The second kappa shape index (κ2) is 2.39. The van der Waals surface area contributed by atoms with Crippen LogP contribution >= 0.6 is 12.2 Å². The Morgan fingerprint density at radius 1 is 1.36 bits per heavy atom. The molecule has 0 aromatic carbocycles. The van der Waals surface area contributed by atoms with Gasteiger partial charge in [-0.05, 0) is 24.4 Å². The average molecular weight is 166 g/mol. The molecule has 2 N–H and O–H groups in total. The van der Waals surface area contributed by atoms with Gasteiger partial charge in [0.25, 0.3) is 4.84 Å². The third-order valence-corrected chi connectivity index (χ3v) is 1.61. The van der Waals surface area contributed by atoms with Gasteiger partial charge < -0.3 is 14.4 Å². The lowest BCUT2D eigenvalue weighted by Crippen LogP contribution is -1.73. The summed E-state index contributed by atoms with van der Waals surface area (Å²) in [5, 5.41) is 0. The van der Waals surface area contributed by atoms with Gasteiger partial charge in [-0.25, -0.2) is 0 Å². The lowest BCUT2D eigenvalue weighted by atomic mass is 10.3. The number of H-pyrrole nitrogens is 2. The Labute approximate surface area is 68.1 Å². The van der Waals surface area contributed by atoms with Crippen LogP contribution in [0.2, 0.25) is 0 Å². The minimum atomic E-state index is 0.398. The van der Waals surface area contributed by atoms with Crippen LogP contribution < -0.4 is 0 Å². The van der Waals surface area contributed by atoms with Crippen LogP contribution in [-0.2, 0) is 0 Å². The van der Waals surface area contributed by atoms with E-state index in [1.54, 1.807) is 6.26 Å². The molecule has 2 aromatic heterocycles.